The number of hydrogen-bond acceptors (Lipinski definition) is 4. The largest absolute Gasteiger partial charge is 0.497 e. The Balaban J connectivity index is 2.42. The van der Waals surface area contributed by atoms with Gasteiger partial charge in [-0.15, -0.1) is 0 Å². The van der Waals surface area contributed by atoms with Gasteiger partial charge in [-0.3, -0.25) is 0 Å². The van der Waals surface area contributed by atoms with Crippen molar-refractivity contribution in [3.8, 4) is 11.5 Å². The molecule has 2 rings (SSSR count). The van der Waals surface area contributed by atoms with Crippen molar-refractivity contribution in [3.05, 3.63) is 58.1 Å². The summed E-state index contributed by atoms with van der Waals surface area (Å²) < 4.78 is 11.2. The molecule has 2 aromatic carbocycles. The molecule has 0 amide bonds. The standard InChI is InChI=1S/C34H52N2O2/c1-32(2,3)17-14-25-20-29(37-10)13-12-28(25)23-35-36-24-31-26(15-18-33(4,5)6)21-30(38-11)22-27(31)16-19-34(7,8)9/h12-13,20-24H,14-19H2,1-11H3/b35-23+,36-24+. The van der Waals surface area contributed by atoms with Gasteiger partial charge in [-0.05, 0) is 107 Å². The predicted molar refractivity (Wildman–Crippen MR) is 165 cm³/mol. The van der Waals surface area contributed by atoms with Crippen LogP contribution in [0, 0.1) is 16.2 Å². The van der Waals surface area contributed by atoms with Crippen molar-refractivity contribution in [1.29, 1.82) is 0 Å². The molecule has 210 valence electrons. The fraction of sp³-hybridized carbons (Fsp3) is 0.588. The topological polar surface area (TPSA) is 43.2 Å². The second kappa shape index (κ2) is 13.4. The molecule has 0 spiro atoms. The molecule has 0 atom stereocenters. The molecule has 0 unspecified atom stereocenters. The Hall–Kier alpha value is -2.62. The molecule has 38 heavy (non-hydrogen) atoms. The van der Waals surface area contributed by atoms with E-state index >= 15 is 0 Å². The summed E-state index contributed by atoms with van der Waals surface area (Å²) >= 11 is 0. The zero-order valence-electron chi connectivity index (χ0n) is 26.0. The first kappa shape index (κ1) is 31.6. The highest BCUT2D eigenvalue weighted by molar-refractivity contribution is 5.86. The molecule has 0 aliphatic rings. The molecule has 0 saturated heterocycles. The van der Waals surface area contributed by atoms with E-state index in [0.29, 0.717) is 0 Å². The molecule has 4 nitrogen and oxygen atoms in total. The van der Waals surface area contributed by atoms with Crippen LogP contribution in [0.3, 0.4) is 0 Å². The van der Waals surface area contributed by atoms with E-state index in [2.05, 4.69) is 96.8 Å². The number of hydrogen-bond donors (Lipinski definition) is 0. The van der Waals surface area contributed by atoms with Crippen molar-refractivity contribution in [2.45, 2.75) is 101 Å². The Labute approximate surface area is 233 Å². The predicted octanol–water partition coefficient (Wildman–Crippen LogP) is 9.09. The monoisotopic (exact) mass is 520 g/mol. The highest BCUT2D eigenvalue weighted by Gasteiger charge is 2.17. The lowest BCUT2D eigenvalue weighted by atomic mass is 9.84. The average Bonchev–Trinajstić information content (AvgIpc) is 2.81. The lowest BCUT2D eigenvalue weighted by Gasteiger charge is -2.22. The van der Waals surface area contributed by atoms with Crippen LogP contribution in [0.1, 0.15) is 109 Å². The molecule has 0 bridgehead atoms. The van der Waals surface area contributed by atoms with Gasteiger partial charge in [0.2, 0.25) is 0 Å². The van der Waals surface area contributed by atoms with Gasteiger partial charge in [0.1, 0.15) is 11.5 Å². The first-order chi connectivity index (χ1) is 17.6. The molecule has 0 radical (unpaired) electrons. The van der Waals surface area contributed by atoms with E-state index < -0.39 is 0 Å². The molecular formula is C34H52N2O2. The van der Waals surface area contributed by atoms with Crippen LogP contribution < -0.4 is 9.47 Å². The minimum absolute atomic E-state index is 0.249. The van der Waals surface area contributed by atoms with Crippen LogP contribution in [0.4, 0.5) is 0 Å². The summed E-state index contributed by atoms with van der Waals surface area (Å²) in [5.74, 6) is 1.79. The average molecular weight is 521 g/mol. The molecule has 0 N–H and O–H groups in total. The summed E-state index contributed by atoms with van der Waals surface area (Å²) in [4.78, 5) is 0. The second-order valence-corrected chi connectivity index (χ2v) is 14.1. The third-order valence-electron chi connectivity index (χ3n) is 6.79. The van der Waals surface area contributed by atoms with Crippen molar-refractivity contribution in [2.24, 2.45) is 26.4 Å². The number of aryl methyl sites for hydroxylation is 3. The van der Waals surface area contributed by atoms with Gasteiger partial charge in [0.05, 0.1) is 26.6 Å². The maximum Gasteiger partial charge on any atom is 0.119 e. The van der Waals surface area contributed by atoms with Crippen LogP contribution in [-0.2, 0) is 19.3 Å². The van der Waals surface area contributed by atoms with E-state index in [1.165, 1.54) is 22.3 Å². The zero-order chi connectivity index (χ0) is 28.6. The Kier molecular flexibility index (Phi) is 11.2. The first-order valence-corrected chi connectivity index (χ1v) is 14.0. The zero-order valence-corrected chi connectivity index (χ0v) is 26.0. The highest BCUT2D eigenvalue weighted by Crippen LogP contribution is 2.30. The second-order valence-electron chi connectivity index (χ2n) is 14.1. The van der Waals surface area contributed by atoms with E-state index in [1.54, 1.807) is 14.2 Å². The fourth-order valence-corrected chi connectivity index (χ4v) is 4.21. The van der Waals surface area contributed by atoms with Gasteiger partial charge in [0.25, 0.3) is 0 Å². The summed E-state index contributed by atoms with van der Waals surface area (Å²) in [6.45, 7) is 20.6. The van der Waals surface area contributed by atoms with Gasteiger partial charge in [0, 0.05) is 5.56 Å². The van der Waals surface area contributed by atoms with Crippen LogP contribution in [0.5, 0.6) is 11.5 Å². The number of ether oxygens (including phenoxy) is 2. The smallest absolute Gasteiger partial charge is 0.119 e. The van der Waals surface area contributed by atoms with Crippen LogP contribution >= 0.6 is 0 Å². The van der Waals surface area contributed by atoms with Crippen LogP contribution in [0.2, 0.25) is 0 Å². The normalized spacial score (nSPS) is 13.0. The molecule has 0 fully saturated rings. The van der Waals surface area contributed by atoms with Gasteiger partial charge in [-0.1, -0.05) is 62.3 Å². The van der Waals surface area contributed by atoms with Crippen molar-refractivity contribution in [1.82, 2.24) is 0 Å². The van der Waals surface area contributed by atoms with Crippen molar-refractivity contribution >= 4 is 12.4 Å². The van der Waals surface area contributed by atoms with Crippen LogP contribution in [0.15, 0.2) is 40.5 Å². The van der Waals surface area contributed by atoms with Gasteiger partial charge < -0.3 is 9.47 Å². The number of benzene rings is 2. The highest BCUT2D eigenvalue weighted by atomic mass is 16.5. The lowest BCUT2D eigenvalue weighted by Crippen LogP contribution is -2.11. The van der Waals surface area contributed by atoms with E-state index in [-0.39, 0.29) is 16.2 Å². The quantitative estimate of drug-likeness (QED) is 0.219. The summed E-state index contributed by atoms with van der Waals surface area (Å²) in [5, 5.41) is 9.08. The van der Waals surface area contributed by atoms with Gasteiger partial charge in [0.15, 0.2) is 0 Å². The lowest BCUT2D eigenvalue weighted by molar-refractivity contribution is 0.374. The summed E-state index contributed by atoms with van der Waals surface area (Å²) in [7, 11) is 3.46. The van der Waals surface area contributed by atoms with Crippen LogP contribution in [0.25, 0.3) is 0 Å². The number of methoxy groups -OCH3 is 2. The number of nitrogens with zero attached hydrogens (tertiary/aromatic N) is 2. The van der Waals surface area contributed by atoms with E-state index in [0.717, 1.165) is 55.6 Å². The number of rotatable bonds is 11. The molecule has 4 heteroatoms. The van der Waals surface area contributed by atoms with Crippen molar-refractivity contribution < 1.29 is 9.47 Å². The minimum atomic E-state index is 0.249. The van der Waals surface area contributed by atoms with Gasteiger partial charge >= 0.3 is 0 Å². The first-order valence-electron chi connectivity index (χ1n) is 14.0. The van der Waals surface area contributed by atoms with Gasteiger partial charge in [-0.25, -0.2) is 0 Å². The summed E-state index contributed by atoms with van der Waals surface area (Å²) in [6, 6.07) is 10.5. The van der Waals surface area contributed by atoms with E-state index in [9.17, 15) is 0 Å². The fourth-order valence-electron chi connectivity index (χ4n) is 4.21. The maximum atomic E-state index is 5.69. The molecule has 0 aromatic heterocycles. The Bertz CT molecular complexity index is 1050. The molecule has 0 heterocycles. The van der Waals surface area contributed by atoms with Crippen molar-refractivity contribution in [2.75, 3.05) is 14.2 Å². The third kappa shape index (κ3) is 11.4. The summed E-state index contributed by atoms with van der Waals surface area (Å²) in [6.07, 6.45) is 10.0. The molecule has 0 saturated carbocycles. The molecule has 2 aromatic rings. The Morgan fingerprint density at radius 3 is 1.45 bits per heavy atom. The SMILES string of the molecule is COc1ccc(/C=N/N=C/c2c(CCC(C)(C)C)cc(OC)cc2CCC(C)(C)C)c(CCC(C)(C)C)c1. The van der Waals surface area contributed by atoms with Crippen LogP contribution in [-0.4, -0.2) is 26.6 Å². The minimum Gasteiger partial charge on any atom is -0.497 e. The molecule has 0 aliphatic heterocycles. The molecular weight excluding hydrogens is 468 g/mol. The Morgan fingerprint density at radius 2 is 1.00 bits per heavy atom. The van der Waals surface area contributed by atoms with E-state index in [4.69, 9.17) is 9.47 Å². The summed E-state index contributed by atoms with van der Waals surface area (Å²) in [5.41, 5.74) is 6.81. The van der Waals surface area contributed by atoms with E-state index in [1.807, 2.05) is 18.5 Å². The molecule has 0 aliphatic carbocycles. The third-order valence-corrected chi connectivity index (χ3v) is 6.79. The van der Waals surface area contributed by atoms with Crippen molar-refractivity contribution in [3.63, 3.8) is 0 Å². The van der Waals surface area contributed by atoms with Gasteiger partial charge in [-0.2, -0.15) is 10.2 Å². The maximum absolute atomic E-state index is 5.69. The Morgan fingerprint density at radius 1 is 0.579 bits per heavy atom.